The molecule has 4 nitrogen and oxygen atoms in total. The summed E-state index contributed by atoms with van der Waals surface area (Å²) in [5.74, 6) is -0.0601. The second-order valence-corrected chi connectivity index (χ2v) is 7.05. The van der Waals surface area contributed by atoms with Crippen molar-refractivity contribution in [3.63, 3.8) is 0 Å². The van der Waals surface area contributed by atoms with Gasteiger partial charge < -0.3 is 9.05 Å². The number of ketones is 1. The van der Waals surface area contributed by atoms with Crippen LogP contribution < -0.4 is 0 Å². The van der Waals surface area contributed by atoms with Gasteiger partial charge in [0, 0.05) is 11.1 Å². The molecule has 0 aliphatic heterocycles. The Kier molecular flexibility index (Phi) is 6.28. The monoisotopic (exact) mass is 332 g/mol. The number of carbonyl (C=O) groups excluding carboxylic acids is 1. The van der Waals surface area contributed by atoms with Crippen LogP contribution in [0, 0.1) is 0 Å². The van der Waals surface area contributed by atoms with Crippen molar-refractivity contribution in [2.75, 3.05) is 13.2 Å². The lowest BCUT2D eigenvalue weighted by molar-refractivity contribution is 0.103. The van der Waals surface area contributed by atoms with Gasteiger partial charge in [-0.05, 0) is 25.5 Å². The van der Waals surface area contributed by atoms with Crippen LogP contribution in [0.3, 0.4) is 0 Å². The van der Waals surface area contributed by atoms with Crippen molar-refractivity contribution in [3.8, 4) is 0 Å². The van der Waals surface area contributed by atoms with Gasteiger partial charge in [-0.15, -0.1) is 0 Å². The summed E-state index contributed by atoms with van der Waals surface area (Å²) in [5, 5.41) is 0. The summed E-state index contributed by atoms with van der Waals surface area (Å²) >= 11 is 0. The second kappa shape index (κ2) is 8.21. The third-order valence-electron chi connectivity index (χ3n) is 3.25. The summed E-state index contributed by atoms with van der Waals surface area (Å²) in [6.45, 7) is 4.20. The maximum absolute atomic E-state index is 12.6. The predicted octanol–water partition coefficient (Wildman–Crippen LogP) is 4.68. The molecule has 0 saturated heterocycles. The smallest absolute Gasteiger partial charge is 0.309 e. The van der Waals surface area contributed by atoms with Gasteiger partial charge in [0.15, 0.2) is 5.78 Å². The van der Waals surface area contributed by atoms with E-state index < -0.39 is 7.60 Å². The van der Waals surface area contributed by atoms with Gasteiger partial charge in [-0.2, -0.15) is 0 Å². The molecule has 0 heterocycles. The van der Waals surface area contributed by atoms with Crippen LogP contribution in [0.15, 0.2) is 54.6 Å². The molecule has 0 unspecified atom stereocenters. The number of carbonyl (C=O) groups is 1. The molecule has 0 N–H and O–H groups in total. The first kappa shape index (κ1) is 17.6. The van der Waals surface area contributed by atoms with Crippen molar-refractivity contribution in [2.24, 2.45) is 0 Å². The van der Waals surface area contributed by atoms with E-state index in [0.717, 1.165) is 5.56 Å². The van der Waals surface area contributed by atoms with E-state index in [0.29, 0.717) is 24.3 Å². The zero-order valence-electron chi connectivity index (χ0n) is 13.4. The molecule has 2 rings (SSSR count). The molecule has 0 saturated carbocycles. The first-order valence-electron chi connectivity index (χ1n) is 7.65. The summed E-state index contributed by atoms with van der Waals surface area (Å²) < 4.78 is 23.2. The van der Waals surface area contributed by atoms with Crippen molar-refractivity contribution in [2.45, 2.75) is 20.0 Å². The van der Waals surface area contributed by atoms with Crippen LogP contribution >= 0.6 is 7.60 Å². The molecular weight excluding hydrogens is 311 g/mol. The zero-order valence-corrected chi connectivity index (χ0v) is 14.3. The van der Waals surface area contributed by atoms with E-state index in [1.165, 1.54) is 0 Å². The average molecular weight is 332 g/mol. The van der Waals surface area contributed by atoms with Gasteiger partial charge in [0.2, 0.25) is 0 Å². The Morgan fingerprint density at radius 2 is 1.52 bits per heavy atom. The summed E-state index contributed by atoms with van der Waals surface area (Å²) in [6.07, 6.45) is 0.157. The van der Waals surface area contributed by atoms with E-state index in [9.17, 15) is 9.36 Å². The largest absolute Gasteiger partial charge is 0.335 e. The molecule has 0 aliphatic rings. The molecule has 122 valence electrons. The van der Waals surface area contributed by atoms with Gasteiger partial charge in [-0.3, -0.25) is 9.36 Å². The van der Waals surface area contributed by atoms with Crippen molar-refractivity contribution in [3.05, 3.63) is 71.3 Å². The number of hydrogen-bond donors (Lipinski definition) is 0. The fraction of sp³-hybridized carbons (Fsp3) is 0.278. The fourth-order valence-corrected chi connectivity index (χ4v) is 4.00. The maximum atomic E-state index is 12.6. The number of benzene rings is 2. The van der Waals surface area contributed by atoms with Gasteiger partial charge in [0.1, 0.15) is 0 Å². The predicted molar refractivity (Wildman–Crippen MR) is 90.9 cm³/mol. The van der Waals surface area contributed by atoms with Crippen molar-refractivity contribution in [1.82, 2.24) is 0 Å². The molecule has 0 aromatic heterocycles. The van der Waals surface area contributed by atoms with Crippen molar-refractivity contribution in [1.29, 1.82) is 0 Å². The molecule has 0 amide bonds. The summed E-state index contributed by atoms with van der Waals surface area (Å²) in [7, 11) is -3.17. The Morgan fingerprint density at radius 1 is 0.913 bits per heavy atom. The molecule has 0 fully saturated rings. The first-order chi connectivity index (χ1) is 11.1. The minimum atomic E-state index is -3.17. The van der Waals surface area contributed by atoms with Gasteiger partial charge in [0.05, 0.1) is 19.4 Å². The standard InChI is InChI=1S/C18H21O4P/c1-3-21-23(20,22-4-2)14-15-9-8-12-17(13-15)18(19)16-10-6-5-7-11-16/h5-13H,3-4,14H2,1-2H3. The Balaban J connectivity index is 2.23. The molecule has 0 aliphatic carbocycles. The molecule has 0 bridgehead atoms. The van der Waals surface area contributed by atoms with Gasteiger partial charge in [-0.1, -0.05) is 48.5 Å². The first-order valence-corrected chi connectivity index (χ1v) is 9.37. The summed E-state index contributed by atoms with van der Waals surface area (Å²) in [6, 6.07) is 16.2. The minimum Gasteiger partial charge on any atom is -0.309 e. The minimum absolute atomic E-state index is 0.0601. The molecule has 0 spiro atoms. The summed E-state index contributed by atoms with van der Waals surface area (Å²) in [5.41, 5.74) is 1.95. The van der Waals surface area contributed by atoms with Crippen LogP contribution in [0.25, 0.3) is 0 Å². The Labute approximate surface area is 137 Å². The third kappa shape index (κ3) is 4.87. The van der Waals surface area contributed by atoms with Gasteiger partial charge >= 0.3 is 7.60 Å². The zero-order chi connectivity index (χ0) is 16.7. The maximum Gasteiger partial charge on any atom is 0.335 e. The van der Waals surface area contributed by atoms with Crippen LogP contribution in [0.1, 0.15) is 35.3 Å². The van der Waals surface area contributed by atoms with Crippen LogP contribution in [0.5, 0.6) is 0 Å². The topological polar surface area (TPSA) is 52.6 Å². The Bertz CT molecular complexity index is 687. The number of rotatable bonds is 8. The van der Waals surface area contributed by atoms with Crippen LogP contribution in [-0.4, -0.2) is 19.0 Å². The lowest BCUT2D eigenvalue weighted by Crippen LogP contribution is -2.03. The van der Waals surface area contributed by atoms with Gasteiger partial charge in [0.25, 0.3) is 0 Å². The SMILES string of the molecule is CCOP(=O)(Cc1cccc(C(=O)c2ccccc2)c1)OCC. The van der Waals surface area contributed by atoms with E-state index in [1.807, 2.05) is 24.3 Å². The Morgan fingerprint density at radius 3 is 2.13 bits per heavy atom. The molecule has 2 aromatic carbocycles. The normalized spacial score (nSPS) is 11.4. The lowest BCUT2D eigenvalue weighted by Gasteiger charge is -2.17. The van der Waals surface area contributed by atoms with Crippen molar-refractivity contribution < 1.29 is 18.4 Å². The molecule has 0 radical (unpaired) electrons. The van der Waals surface area contributed by atoms with Crippen LogP contribution in [-0.2, 0) is 19.8 Å². The molecule has 0 atom stereocenters. The summed E-state index contributed by atoms with van der Waals surface area (Å²) in [4.78, 5) is 12.5. The highest BCUT2D eigenvalue weighted by Crippen LogP contribution is 2.51. The quantitative estimate of drug-likeness (QED) is 0.520. The third-order valence-corrected chi connectivity index (χ3v) is 5.31. The highest BCUT2D eigenvalue weighted by atomic mass is 31.2. The van der Waals surface area contributed by atoms with E-state index in [2.05, 4.69) is 0 Å². The van der Waals surface area contributed by atoms with Gasteiger partial charge in [-0.25, -0.2) is 0 Å². The van der Waals surface area contributed by atoms with Crippen LogP contribution in [0.2, 0.25) is 0 Å². The molecule has 23 heavy (non-hydrogen) atoms. The fourth-order valence-electron chi connectivity index (χ4n) is 2.31. The number of hydrogen-bond acceptors (Lipinski definition) is 4. The van der Waals surface area contributed by atoms with E-state index in [4.69, 9.17) is 9.05 Å². The highest BCUT2D eigenvalue weighted by Gasteiger charge is 2.24. The van der Waals surface area contributed by atoms with Crippen molar-refractivity contribution >= 4 is 13.4 Å². The molecule has 2 aromatic rings. The molecular formula is C18H21O4P. The average Bonchev–Trinajstić information content (AvgIpc) is 2.55. The molecule has 5 heteroatoms. The van der Waals surface area contributed by atoms with E-state index in [-0.39, 0.29) is 11.9 Å². The highest BCUT2D eigenvalue weighted by molar-refractivity contribution is 7.53. The lowest BCUT2D eigenvalue weighted by atomic mass is 10.0. The second-order valence-electron chi connectivity index (χ2n) is 5.00. The van der Waals surface area contributed by atoms with Crippen LogP contribution in [0.4, 0.5) is 0 Å². The Hall–Kier alpha value is -1.74. The van der Waals surface area contributed by atoms with E-state index in [1.54, 1.807) is 44.2 Å². The van der Waals surface area contributed by atoms with E-state index >= 15 is 0 Å².